The number of benzene rings is 4. The number of esters is 1. The van der Waals surface area contributed by atoms with Crippen LogP contribution in [0.2, 0.25) is 0 Å². The summed E-state index contributed by atoms with van der Waals surface area (Å²) in [5.74, 6) is -2.49. The standard InChI is InChI=1S/C46H53NO10/c1-30(2)26-40(47-44(51)55-28-39-37-14-8-6-12-35(37)36-13-7-9-15-38(36)39)46(56-29-45(3,4)42(57-46)32-19-23-33(52-5)24-20-32)43(50)54-27-31-17-21-34(22-18-31)53-25-11-10-16-41(48)49/h6-9,12-15,17-24,30,39-40,42H,10-11,16,25-29H2,1-5H3,(H,47,51)(H,48,49)/t40-,42?,46?/m0/s1. The number of carboxylic acids is 1. The fraction of sp³-hybridized carbons (Fsp3) is 0.413. The van der Waals surface area contributed by atoms with Gasteiger partial charge in [-0.05, 0) is 82.8 Å². The third kappa shape index (κ3) is 9.77. The molecule has 1 amide bonds. The maximum Gasteiger partial charge on any atom is 0.407 e. The van der Waals surface area contributed by atoms with Crippen LogP contribution >= 0.6 is 0 Å². The van der Waals surface area contributed by atoms with Crippen molar-refractivity contribution in [1.29, 1.82) is 0 Å². The van der Waals surface area contributed by atoms with Gasteiger partial charge in [0.2, 0.25) is 0 Å². The fourth-order valence-electron chi connectivity index (χ4n) is 7.53. The summed E-state index contributed by atoms with van der Waals surface area (Å²) < 4.78 is 36.5. The number of ether oxygens (including phenoxy) is 6. The summed E-state index contributed by atoms with van der Waals surface area (Å²) in [7, 11) is 1.60. The maximum atomic E-state index is 14.6. The lowest BCUT2D eigenvalue weighted by Crippen LogP contribution is -2.65. The molecule has 2 aliphatic rings. The largest absolute Gasteiger partial charge is 0.497 e. The van der Waals surface area contributed by atoms with Crippen molar-refractivity contribution in [2.24, 2.45) is 11.3 Å². The number of nitrogens with one attached hydrogen (secondary N) is 1. The Balaban J connectivity index is 1.23. The molecule has 1 aliphatic carbocycles. The number of aliphatic carboxylic acids is 1. The van der Waals surface area contributed by atoms with E-state index in [4.69, 9.17) is 33.5 Å². The van der Waals surface area contributed by atoms with Gasteiger partial charge in [-0.2, -0.15) is 0 Å². The van der Waals surface area contributed by atoms with Crippen molar-refractivity contribution >= 4 is 18.0 Å². The minimum absolute atomic E-state index is 0.00630. The molecule has 1 heterocycles. The quantitative estimate of drug-likeness (QED) is 0.0790. The van der Waals surface area contributed by atoms with Crippen LogP contribution in [0, 0.1) is 11.3 Å². The number of rotatable bonds is 17. The van der Waals surface area contributed by atoms with E-state index in [0.29, 0.717) is 42.9 Å². The van der Waals surface area contributed by atoms with Crippen LogP contribution in [0.4, 0.5) is 4.79 Å². The number of carbonyl (C=O) groups excluding carboxylic acids is 2. The molecular formula is C46H53NO10. The lowest BCUT2D eigenvalue weighted by molar-refractivity contribution is -0.334. The predicted octanol–water partition coefficient (Wildman–Crippen LogP) is 8.84. The highest BCUT2D eigenvalue weighted by atomic mass is 16.7. The molecule has 0 saturated carbocycles. The van der Waals surface area contributed by atoms with Crippen LogP contribution in [-0.4, -0.2) is 61.9 Å². The molecule has 0 radical (unpaired) electrons. The molecule has 302 valence electrons. The third-order valence-electron chi connectivity index (χ3n) is 10.5. The molecule has 0 aromatic heterocycles. The third-order valence-corrected chi connectivity index (χ3v) is 10.5. The molecule has 4 aromatic rings. The first kappa shape index (κ1) is 41.2. The molecule has 57 heavy (non-hydrogen) atoms. The number of hydrogen-bond acceptors (Lipinski definition) is 9. The van der Waals surface area contributed by atoms with Crippen molar-refractivity contribution in [3.8, 4) is 22.6 Å². The second-order valence-electron chi connectivity index (χ2n) is 15.8. The smallest absolute Gasteiger partial charge is 0.407 e. The first-order chi connectivity index (χ1) is 27.4. The number of hydrogen-bond donors (Lipinski definition) is 2. The molecule has 11 nitrogen and oxygen atoms in total. The fourth-order valence-corrected chi connectivity index (χ4v) is 7.53. The van der Waals surface area contributed by atoms with Gasteiger partial charge in [0.25, 0.3) is 5.79 Å². The molecule has 0 spiro atoms. The number of fused-ring (bicyclic) bond motifs is 3. The molecule has 1 aliphatic heterocycles. The summed E-state index contributed by atoms with van der Waals surface area (Å²) >= 11 is 0. The van der Waals surface area contributed by atoms with Gasteiger partial charge in [-0.25, -0.2) is 9.59 Å². The van der Waals surface area contributed by atoms with E-state index in [1.54, 1.807) is 31.4 Å². The van der Waals surface area contributed by atoms with Gasteiger partial charge in [0.05, 0.1) is 32.5 Å². The van der Waals surface area contributed by atoms with Crippen molar-refractivity contribution in [2.75, 3.05) is 26.9 Å². The zero-order chi connectivity index (χ0) is 40.6. The molecular weight excluding hydrogens is 727 g/mol. The van der Waals surface area contributed by atoms with Crippen molar-refractivity contribution in [3.05, 3.63) is 119 Å². The summed E-state index contributed by atoms with van der Waals surface area (Å²) in [6, 6.07) is 29.9. The highest BCUT2D eigenvalue weighted by Gasteiger charge is 2.58. The van der Waals surface area contributed by atoms with Gasteiger partial charge in [0, 0.05) is 17.8 Å². The SMILES string of the molecule is COc1ccc(C2OC(C(=O)OCc3ccc(OCCCCC(=O)O)cc3)([C@H](CC(C)C)NC(=O)OCC3c4ccccc4-c4ccccc43)OCC2(C)C)cc1. The summed E-state index contributed by atoms with van der Waals surface area (Å²) in [6.07, 6.45) is 0.221. The van der Waals surface area contributed by atoms with E-state index in [2.05, 4.69) is 29.6 Å². The molecule has 3 atom stereocenters. The molecule has 11 heteroatoms. The Bertz CT molecular complexity index is 1950. The second-order valence-corrected chi connectivity index (χ2v) is 15.8. The summed E-state index contributed by atoms with van der Waals surface area (Å²) in [6.45, 7) is 8.51. The average Bonchev–Trinajstić information content (AvgIpc) is 3.52. The zero-order valence-electron chi connectivity index (χ0n) is 33.3. The monoisotopic (exact) mass is 779 g/mol. The van der Waals surface area contributed by atoms with Crippen LogP contribution in [-0.2, 0) is 35.1 Å². The Kier molecular flexibility index (Phi) is 13.2. The molecule has 1 fully saturated rings. The van der Waals surface area contributed by atoms with Crippen molar-refractivity contribution < 1.29 is 47.9 Å². The molecule has 4 aromatic carbocycles. The van der Waals surface area contributed by atoms with E-state index >= 15 is 0 Å². The van der Waals surface area contributed by atoms with Gasteiger partial charge in [-0.1, -0.05) is 100 Å². The molecule has 1 saturated heterocycles. The minimum Gasteiger partial charge on any atom is -0.497 e. The number of carboxylic acid groups (broad SMARTS) is 1. The van der Waals surface area contributed by atoms with Crippen LogP contribution in [0.3, 0.4) is 0 Å². The lowest BCUT2D eigenvalue weighted by Gasteiger charge is -2.50. The summed E-state index contributed by atoms with van der Waals surface area (Å²) in [4.78, 5) is 39.3. The second kappa shape index (κ2) is 18.3. The molecule has 6 rings (SSSR count). The van der Waals surface area contributed by atoms with Gasteiger partial charge >= 0.3 is 18.0 Å². The highest BCUT2D eigenvalue weighted by molar-refractivity contribution is 5.81. The number of carbonyl (C=O) groups is 3. The zero-order valence-corrected chi connectivity index (χ0v) is 33.3. The van der Waals surface area contributed by atoms with Crippen LogP contribution in [0.25, 0.3) is 11.1 Å². The Morgan fingerprint density at radius 1 is 0.842 bits per heavy atom. The summed E-state index contributed by atoms with van der Waals surface area (Å²) in [5, 5.41) is 11.8. The Morgan fingerprint density at radius 3 is 2.09 bits per heavy atom. The molecule has 2 unspecified atom stereocenters. The van der Waals surface area contributed by atoms with Gasteiger partial charge < -0.3 is 38.8 Å². The maximum absolute atomic E-state index is 14.6. The van der Waals surface area contributed by atoms with Crippen LogP contribution < -0.4 is 14.8 Å². The Morgan fingerprint density at radius 2 is 1.47 bits per heavy atom. The van der Waals surface area contributed by atoms with E-state index in [9.17, 15) is 14.4 Å². The predicted molar refractivity (Wildman–Crippen MR) is 214 cm³/mol. The average molecular weight is 780 g/mol. The Hall–Kier alpha value is -5.39. The molecule has 0 bridgehead atoms. The normalized spacial score (nSPS) is 18.9. The number of amides is 1. The van der Waals surface area contributed by atoms with E-state index < -0.39 is 41.4 Å². The van der Waals surface area contributed by atoms with E-state index in [1.165, 1.54) is 0 Å². The van der Waals surface area contributed by atoms with E-state index in [0.717, 1.165) is 27.8 Å². The van der Waals surface area contributed by atoms with Crippen molar-refractivity contribution in [2.45, 2.75) is 83.8 Å². The number of unbranched alkanes of at least 4 members (excludes halogenated alkanes) is 1. The van der Waals surface area contributed by atoms with Crippen molar-refractivity contribution in [3.63, 3.8) is 0 Å². The van der Waals surface area contributed by atoms with E-state index in [-0.39, 0.29) is 38.1 Å². The van der Waals surface area contributed by atoms with Crippen LogP contribution in [0.15, 0.2) is 97.1 Å². The van der Waals surface area contributed by atoms with E-state index in [1.807, 2.05) is 76.2 Å². The van der Waals surface area contributed by atoms with Crippen LogP contribution in [0.5, 0.6) is 11.5 Å². The highest BCUT2D eigenvalue weighted by Crippen LogP contribution is 2.48. The first-order valence-corrected chi connectivity index (χ1v) is 19.6. The minimum atomic E-state index is -2.03. The van der Waals surface area contributed by atoms with Crippen molar-refractivity contribution in [1.82, 2.24) is 5.32 Å². The van der Waals surface area contributed by atoms with Gasteiger partial charge in [0.1, 0.15) is 24.7 Å². The Labute approximate surface area is 334 Å². The van der Waals surface area contributed by atoms with Gasteiger partial charge in [-0.15, -0.1) is 0 Å². The molecule has 2 N–H and O–H groups in total. The first-order valence-electron chi connectivity index (χ1n) is 19.6. The van der Waals surface area contributed by atoms with Gasteiger partial charge in [0.15, 0.2) is 0 Å². The topological polar surface area (TPSA) is 139 Å². The van der Waals surface area contributed by atoms with Crippen LogP contribution in [0.1, 0.15) is 87.7 Å². The number of alkyl carbamates (subject to hydrolysis) is 1. The lowest BCUT2D eigenvalue weighted by atomic mass is 9.81. The van der Waals surface area contributed by atoms with Gasteiger partial charge in [-0.3, -0.25) is 4.79 Å². The summed E-state index contributed by atoms with van der Waals surface area (Å²) in [5.41, 5.74) is 5.34. The number of methoxy groups -OCH3 is 1.